The van der Waals surface area contributed by atoms with Crippen LogP contribution in [0, 0.1) is 0 Å². The van der Waals surface area contributed by atoms with Crippen molar-refractivity contribution in [2.45, 2.75) is 50.1 Å². The van der Waals surface area contributed by atoms with Gasteiger partial charge >= 0.3 is 7.82 Å². The first-order valence-electron chi connectivity index (χ1n) is 5.70. The molecule has 3 unspecified atom stereocenters. The molecular formula is C10H19O6P. The van der Waals surface area contributed by atoms with Gasteiger partial charge in [-0.3, -0.25) is 9.05 Å². The quantitative estimate of drug-likeness (QED) is 0.777. The molecule has 1 N–H and O–H groups in total. The average Bonchev–Trinajstić information content (AvgIpc) is 2.71. The first-order chi connectivity index (χ1) is 7.92. The van der Waals surface area contributed by atoms with Gasteiger partial charge in [0.25, 0.3) is 0 Å². The SMILES string of the molecule is CO[C@@H]1CCC2(OP(=O)(O)OC)C[C@H](C)OC12. The molecule has 17 heavy (non-hydrogen) atoms. The van der Waals surface area contributed by atoms with Gasteiger partial charge in [0.05, 0.1) is 12.2 Å². The average molecular weight is 266 g/mol. The van der Waals surface area contributed by atoms with E-state index < -0.39 is 13.4 Å². The molecule has 0 spiro atoms. The molecule has 2 rings (SSSR count). The fourth-order valence-corrected chi connectivity index (χ4v) is 3.68. The zero-order valence-corrected chi connectivity index (χ0v) is 11.2. The lowest BCUT2D eigenvalue weighted by molar-refractivity contribution is -0.0787. The van der Waals surface area contributed by atoms with Crippen LogP contribution < -0.4 is 0 Å². The van der Waals surface area contributed by atoms with Crippen LogP contribution in [0.25, 0.3) is 0 Å². The standard InChI is InChI=1S/C10H19O6P/c1-7-6-10(16-17(11,12)14-3)5-4-8(13-2)9(10)15-7/h7-9H,4-6H2,1-3H3,(H,11,12)/t7-,8+,9?,10?/m0/s1. The zero-order valence-electron chi connectivity index (χ0n) is 10.3. The molecule has 1 heterocycles. The lowest BCUT2D eigenvalue weighted by Gasteiger charge is -2.30. The van der Waals surface area contributed by atoms with E-state index in [0.717, 1.165) is 13.5 Å². The van der Waals surface area contributed by atoms with Gasteiger partial charge in [-0.1, -0.05) is 0 Å². The fraction of sp³-hybridized carbons (Fsp3) is 1.00. The van der Waals surface area contributed by atoms with E-state index in [4.69, 9.17) is 14.0 Å². The van der Waals surface area contributed by atoms with E-state index in [0.29, 0.717) is 12.8 Å². The van der Waals surface area contributed by atoms with Crippen LogP contribution in [-0.4, -0.2) is 43.0 Å². The number of hydrogen-bond acceptors (Lipinski definition) is 5. The van der Waals surface area contributed by atoms with Gasteiger partial charge in [0.1, 0.15) is 11.7 Å². The Morgan fingerprint density at radius 2 is 2.18 bits per heavy atom. The number of fused-ring (bicyclic) bond motifs is 1. The summed E-state index contributed by atoms with van der Waals surface area (Å²) in [6.07, 6.45) is 1.61. The highest BCUT2D eigenvalue weighted by molar-refractivity contribution is 7.47. The second-order valence-electron chi connectivity index (χ2n) is 4.69. The fourth-order valence-electron chi connectivity index (χ4n) is 2.88. The van der Waals surface area contributed by atoms with Gasteiger partial charge < -0.3 is 14.4 Å². The summed E-state index contributed by atoms with van der Waals surface area (Å²) in [6, 6.07) is 0. The van der Waals surface area contributed by atoms with Crippen molar-refractivity contribution in [3.63, 3.8) is 0 Å². The normalized spacial score (nSPS) is 44.6. The molecule has 0 aromatic heterocycles. The van der Waals surface area contributed by atoms with Crippen LogP contribution in [0.15, 0.2) is 0 Å². The summed E-state index contributed by atoms with van der Waals surface area (Å²) < 4.78 is 32.5. The summed E-state index contributed by atoms with van der Waals surface area (Å²) in [5.74, 6) is 0. The Hall–Kier alpha value is 0.0300. The second-order valence-corrected chi connectivity index (χ2v) is 6.18. The van der Waals surface area contributed by atoms with Crippen LogP contribution in [0.5, 0.6) is 0 Å². The minimum atomic E-state index is -4.00. The Morgan fingerprint density at radius 1 is 1.47 bits per heavy atom. The zero-order chi connectivity index (χ0) is 12.7. The third kappa shape index (κ3) is 2.43. The maximum Gasteiger partial charge on any atom is 0.472 e. The molecule has 1 saturated heterocycles. The summed E-state index contributed by atoms with van der Waals surface area (Å²) in [7, 11) is -1.23. The molecule has 1 aliphatic carbocycles. The van der Waals surface area contributed by atoms with Crippen LogP contribution in [0.2, 0.25) is 0 Å². The number of phosphoric acid groups is 1. The van der Waals surface area contributed by atoms with Crippen LogP contribution in [0.3, 0.4) is 0 Å². The third-order valence-electron chi connectivity index (χ3n) is 3.55. The molecular weight excluding hydrogens is 247 g/mol. The molecule has 0 bridgehead atoms. The Bertz CT molecular complexity index is 335. The van der Waals surface area contributed by atoms with Crippen LogP contribution >= 0.6 is 7.82 Å². The van der Waals surface area contributed by atoms with Crippen LogP contribution in [0.1, 0.15) is 26.2 Å². The predicted molar refractivity (Wildman–Crippen MR) is 59.6 cm³/mol. The largest absolute Gasteiger partial charge is 0.472 e. The van der Waals surface area contributed by atoms with E-state index in [1.54, 1.807) is 7.11 Å². The van der Waals surface area contributed by atoms with Crippen molar-refractivity contribution in [2.75, 3.05) is 14.2 Å². The molecule has 0 aromatic carbocycles. The number of phosphoric ester groups is 1. The van der Waals surface area contributed by atoms with Gasteiger partial charge in [0, 0.05) is 20.6 Å². The van der Waals surface area contributed by atoms with Gasteiger partial charge in [-0.25, -0.2) is 4.57 Å². The van der Waals surface area contributed by atoms with Crippen molar-refractivity contribution in [1.82, 2.24) is 0 Å². The number of ether oxygens (including phenoxy) is 2. The number of rotatable bonds is 4. The molecule has 5 atom stereocenters. The summed E-state index contributed by atoms with van der Waals surface area (Å²) >= 11 is 0. The molecule has 1 aliphatic heterocycles. The Morgan fingerprint density at radius 3 is 2.76 bits per heavy atom. The molecule has 0 aromatic rings. The smallest absolute Gasteiger partial charge is 0.379 e. The van der Waals surface area contributed by atoms with Gasteiger partial charge in [-0.15, -0.1) is 0 Å². The Kier molecular flexibility index (Phi) is 3.65. The maximum atomic E-state index is 11.6. The summed E-state index contributed by atoms with van der Waals surface area (Å²) in [4.78, 5) is 9.49. The highest BCUT2D eigenvalue weighted by Crippen LogP contribution is 2.56. The lowest BCUT2D eigenvalue weighted by atomic mass is 9.96. The highest BCUT2D eigenvalue weighted by Gasteiger charge is 2.59. The van der Waals surface area contributed by atoms with Crippen molar-refractivity contribution >= 4 is 7.82 Å². The van der Waals surface area contributed by atoms with E-state index in [-0.39, 0.29) is 18.3 Å². The molecule has 1 saturated carbocycles. The Labute approximate surface area is 101 Å². The summed E-state index contributed by atoms with van der Waals surface area (Å²) in [5, 5.41) is 0. The van der Waals surface area contributed by atoms with Crippen LogP contribution in [0.4, 0.5) is 0 Å². The highest BCUT2D eigenvalue weighted by atomic mass is 31.2. The van der Waals surface area contributed by atoms with Crippen molar-refractivity contribution in [3.8, 4) is 0 Å². The lowest BCUT2D eigenvalue weighted by Crippen LogP contribution is -2.40. The maximum absolute atomic E-state index is 11.6. The first-order valence-corrected chi connectivity index (χ1v) is 7.19. The topological polar surface area (TPSA) is 74.2 Å². The molecule has 2 fully saturated rings. The van der Waals surface area contributed by atoms with E-state index in [1.807, 2.05) is 6.92 Å². The molecule has 0 amide bonds. The minimum absolute atomic E-state index is 0.00481. The van der Waals surface area contributed by atoms with Crippen molar-refractivity contribution in [1.29, 1.82) is 0 Å². The van der Waals surface area contributed by atoms with Crippen molar-refractivity contribution < 1.29 is 28.0 Å². The van der Waals surface area contributed by atoms with Gasteiger partial charge in [0.15, 0.2) is 0 Å². The summed E-state index contributed by atoms with van der Waals surface area (Å²) in [6.45, 7) is 1.92. The van der Waals surface area contributed by atoms with Gasteiger partial charge in [-0.05, 0) is 19.8 Å². The van der Waals surface area contributed by atoms with E-state index in [2.05, 4.69) is 4.52 Å². The van der Waals surface area contributed by atoms with E-state index >= 15 is 0 Å². The molecule has 6 nitrogen and oxygen atoms in total. The first kappa shape index (κ1) is 13.5. The third-order valence-corrected chi connectivity index (χ3v) is 4.61. The Balaban J connectivity index is 2.19. The predicted octanol–water partition coefficient (Wildman–Crippen LogP) is 1.47. The molecule has 100 valence electrons. The monoisotopic (exact) mass is 266 g/mol. The van der Waals surface area contributed by atoms with E-state index in [9.17, 15) is 9.46 Å². The summed E-state index contributed by atoms with van der Waals surface area (Å²) in [5.41, 5.74) is -0.750. The molecule has 2 aliphatic rings. The van der Waals surface area contributed by atoms with Gasteiger partial charge in [0.2, 0.25) is 0 Å². The molecule has 7 heteroatoms. The number of hydrogen-bond donors (Lipinski definition) is 1. The van der Waals surface area contributed by atoms with Crippen LogP contribution in [-0.2, 0) is 23.1 Å². The van der Waals surface area contributed by atoms with E-state index in [1.165, 1.54) is 0 Å². The van der Waals surface area contributed by atoms with Gasteiger partial charge in [-0.2, -0.15) is 0 Å². The van der Waals surface area contributed by atoms with Crippen molar-refractivity contribution in [3.05, 3.63) is 0 Å². The second kappa shape index (κ2) is 4.61. The minimum Gasteiger partial charge on any atom is -0.379 e. The van der Waals surface area contributed by atoms with Crippen molar-refractivity contribution in [2.24, 2.45) is 0 Å². The molecule has 0 radical (unpaired) electrons. The number of methoxy groups -OCH3 is 1.